The van der Waals surface area contributed by atoms with E-state index in [9.17, 15) is 19.7 Å². The van der Waals surface area contributed by atoms with Crippen LogP contribution in [0.1, 0.15) is 24.2 Å². The van der Waals surface area contributed by atoms with Gasteiger partial charge in [-0.15, -0.1) is 0 Å². The molecule has 0 aliphatic carbocycles. The van der Waals surface area contributed by atoms with Crippen molar-refractivity contribution in [3.63, 3.8) is 0 Å². The molecule has 0 bridgehead atoms. The van der Waals surface area contributed by atoms with Crippen molar-refractivity contribution in [2.75, 3.05) is 12.4 Å². The lowest BCUT2D eigenvalue weighted by atomic mass is 10.0. The second-order valence-corrected chi connectivity index (χ2v) is 4.84. The van der Waals surface area contributed by atoms with E-state index < -0.39 is 22.8 Å². The summed E-state index contributed by atoms with van der Waals surface area (Å²) in [6.45, 7) is 3.54. The number of anilines is 1. The number of nitrogens with zero attached hydrogens (tertiary/aromatic N) is 1. The molecule has 0 heterocycles. The van der Waals surface area contributed by atoms with Crippen LogP contribution in [-0.2, 0) is 4.79 Å². The minimum absolute atomic E-state index is 0.138. The van der Waals surface area contributed by atoms with Gasteiger partial charge in [0.2, 0.25) is 5.91 Å². The topological polar surface area (TPSA) is 127 Å². The molecule has 0 fully saturated rings. The first-order valence-corrected chi connectivity index (χ1v) is 6.34. The second kappa shape index (κ2) is 6.69. The molecule has 1 rings (SSSR count). The molecule has 4 N–H and O–H groups in total. The Kier molecular flexibility index (Phi) is 5.23. The van der Waals surface area contributed by atoms with E-state index in [2.05, 4.69) is 10.6 Å². The van der Waals surface area contributed by atoms with E-state index in [0.717, 1.165) is 6.07 Å². The molecule has 0 radical (unpaired) electrons. The summed E-state index contributed by atoms with van der Waals surface area (Å²) >= 11 is 0. The quantitative estimate of drug-likeness (QED) is 0.530. The predicted molar refractivity (Wildman–Crippen MR) is 77.9 cm³/mol. The average molecular weight is 294 g/mol. The Morgan fingerprint density at radius 2 is 1.95 bits per heavy atom. The highest BCUT2D eigenvalue weighted by atomic mass is 16.6. The number of nitro benzene ring substituents is 1. The summed E-state index contributed by atoms with van der Waals surface area (Å²) in [5, 5.41) is 16.3. The van der Waals surface area contributed by atoms with Gasteiger partial charge in [-0.25, -0.2) is 0 Å². The number of nitrogens with one attached hydrogen (secondary N) is 2. The number of hydrogen-bond acceptors (Lipinski definition) is 5. The lowest BCUT2D eigenvalue weighted by Gasteiger charge is -2.20. The Morgan fingerprint density at radius 1 is 1.33 bits per heavy atom. The SMILES string of the molecule is CNC(=O)c1ccc(NC(C(N)=O)C(C)C)c([N+](=O)[O-])c1. The summed E-state index contributed by atoms with van der Waals surface area (Å²) in [4.78, 5) is 33.4. The van der Waals surface area contributed by atoms with Crippen LogP contribution in [0.4, 0.5) is 11.4 Å². The van der Waals surface area contributed by atoms with Gasteiger partial charge in [0.05, 0.1) is 4.92 Å². The van der Waals surface area contributed by atoms with Gasteiger partial charge in [0.25, 0.3) is 11.6 Å². The van der Waals surface area contributed by atoms with Crippen LogP contribution in [0.15, 0.2) is 18.2 Å². The normalized spacial score (nSPS) is 11.8. The number of carbonyl (C=O) groups excluding carboxylic acids is 2. The first kappa shape index (κ1) is 16.4. The summed E-state index contributed by atoms with van der Waals surface area (Å²) in [6.07, 6.45) is 0. The van der Waals surface area contributed by atoms with Crippen LogP contribution >= 0.6 is 0 Å². The molecule has 0 aromatic heterocycles. The van der Waals surface area contributed by atoms with Crippen LogP contribution in [0.5, 0.6) is 0 Å². The van der Waals surface area contributed by atoms with Gasteiger partial charge in [-0.3, -0.25) is 19.7 Å². The molecule has 1 aromatic carbocycles. The van der Waals surface area contributed by atoms with Crippen LogP contribution in [0.3, 0.4) is 0 Å². The minimum atomic E-state index is -0.741. The number of nitro groups is 1. The van der Waals surface area contributed by atoms with E-state index in [1.165, 1.54) is 19.2 Å². The highest BCUT2D eigenvalue weighted by Crippen LogP contribution is 2.27. The molecule has 0 spiro atoms. The van der Waals surface area contributed by atoms with Gasteiger partial charge in [0.15, 0.2) is 0 Å². The van der Waals surface area contributed by atoms with Gasteiger partial charge in [-0.05, 0) is 18.1 Å². The van der Waals surface area contributed by atoms with Crippen LogP contribution in [-0.4, -0.2) is 29.8 Å². The fourth-order valence-electron chi connectivity index (χ4n) is 1.82. The zero-order valence-corrected chi connectivity index (χ0v) is 12.0. The van der Waals surface area contributed by atoms with Crippen LogP contribution in [0, 0.1) is 16.0 Å². The monoisotopic (exact) mass is 294 g/mol. The molecular weight excluding hydrogens is 276 g/mol. The van der Waals surface area contributed by atoms with Crippen molar-refractivity contribution in [2.45, 2.75) is 19.9 Å². The van der Waals surface area contributed by atoms with Crippen LogP contribution in [0.2, 0.25) is 0 Å². The number of primary amides is 1. The van der Waals surface area contributed by atoms with E-state index in [1.54, 1.807) is 13.8 Å². The molecular formula is C13H18N4O4. The number of benzene rings is 1. The standard InChI is InChI=1S/C13H18N4O4/c1-7(2)11(12(14)18)16-9-5-4-8(13(19)15-3)6-10(9)17(20)21/h4-7,11,16H,1-3H3,(H2,14,18)(H,15,19). The number of hydrogen-bond donors (Lipinski definition) is 3. The van der Waals surface area contributed by atoms with Crippen molar-refractivity contribution in [1.82, 2.24) is 5.32 Å². The number of nitrogens with two attached hydrogens (primary N) is 1. The molecule has 1 unspecified atom stereocenters. The van der Waals surface area contributed by atoms with Crippen molar-refractivity contribution in [1.29, 1.82) is 0 Å². The molecule has 8 nitrogen and oxygen atoms in total. The van der Waals surface area contributed by atoms with Crippen molar-refractivity contribution in [2.24, 2.45) is 11.7 Å². The highest BCUT2D eigenvalue weighted by Gasteiger charge is 2.24. The zero-order valence-electron chi connectivity index (χ0n) is 12.0. The molecule has 114 valence electrons. The lowest BCUT2D eigenvalue weighted by Crippen LogP contribution is -2.39. The van der Waals surface area contributed by atoms with E-state index in [1.807, 2.05) is 0 Å². The minimum Gasteiger partial charge on any atom is -0.368 e. The molecule has 0 aliphatic rings. The molecule has 1 aromatic rings. The molecule has 0 saturated carbocycles. The number of carbonyl (C=O) groups is 2. The first-order valence-electron chi connectivity index (χ1n) is 6.34. The fourth-order valence-corrected chi connectivity index (χ4v) is 1.82. The lowest BCUT2D eigenvalue weighted by molar-refractivity contribution is -0.384. The molecule has 0 aliphatic heterocycles. The Bertz CT molecular complexity index is 571. The van der Waals surface area contributed by atoms with Crippen molar-refractivity contribution < 1.29 is 14.5 Å². The zero-order chi connectivity index (χ0) is 16.2. The molecule has 2 amide bonds. The van der Waals surface area contributed by atoms with Gasteiger partial charge in [-0.1, -0.05) is 13.8 Å². The maximum atomic E-state index is 11.5. The Labute approximate surface area is 121 Å². The van der Waals surface area contributed by atoms with Crippen LogP contribution in [0.25, 0.3) is 0 Å². The smallest absolute Gasteiger partial charge is 0.293 e. The van der Waals surface area contributed by atoms with Gasteiger partial charge in [0.1, 0.15) is 11.7 Å². The van der Waals surface area contributed by atoms with Crippen molar-refractivity contribution in [3.05, 3.63) is 33.9 Å². The fraction of sp³-hybridized carbons (Fsp3) is 0.385. The Balaban J connectivity index is 3.21. The van der Waals surface area contributed by atoms with Crippen LogP contribution < -0.4 is 16.4 Å². The summed E-state index contributed by atoms with van der Waals surface area (Å²) in [5.74, 6) is -1.17. The van der Waals surface area contributed by atoms with E-state index in [4.69, 9.17) is 5.73 Å². The van der Waals surface area contributed by atoms with E-state index in [0.29, 0.717) is 0 Å². The van der Waals surface area contributed by atoms with Gasteiger partial charge >= 0.3 is 0 Å². The molecule has 8 heteroatoms. The third kappa shape index (κ3) is 3.91. The Hall–Kier alpha value is -2.64. The van der Waals surface area contributed by atoms with Crippen molar-refractivity contribution in [3.8, 4) is 0 Å². The first-order chi connectivity index (χ1) is 9.77. The summed E-state index contributed by atoms with van der Waals surface area (Å²) in [6, 6.07) is 3.24. The summed E-state index contributed by atoms with van der Waals surface area (Å²) < 4.78 is 0. The molecule has 1 atom stereocenters. The second-order valence-electron chi connectivity index (χ2n) is 4.84. The third-order valence-electron chi connectivity index (χ3n) is 2.97. The largest absolute Gasteiger partial charge is 0.368 e. The van der Waals surface area contributed by atoms with Gasteiger partial charge < -0.3 is 16.4 Å². The molecule has 21 heavy (non-hydrogen) atoms. The third-order valence-corrected chi connectivity index (χ3v) is 2.97. The van der Waals surface area contributed by atoms with Gasteiger partial charge in [-0.2, -0.15) is 0 Å². The van der Waals surface area contributed by atoms with E-state index in [-0.39, 0.29) is 22.9 Å². The predicted octanol–water partition coefficient (Wildman–Crippen LogP) is 0.876. The Morgan fingerprint density at radius 3 is 2.38 bits per heavy atom. The average Bonchev–Trinajstić information content (AvgIpc) is 2.42. The maximum Gasteiger partial charge on any atom is 0.293 e. The number of rotatable bonds is 6. The van der Waals surface area contributed by atoms with Crippen molar-refractivity contribution >= 4 is 23.2 Å². The van der Waals surface area contributed by atoms with Gasteiger partial charge in [0, 0.05) is 18.7 Å². The maximum absolute atomic E-state index is 11.5. The summed E-state index contributed by atoms with van der Waals surface area (Å²) in [5.41, 5.74) is 5.29. The summed E-state index contributed by atoms with van der Waals surface area (Å²) in [7, 11) is 1.43. The highest BCUT2D eigenvalue weighted by molar-refractivity contribution is 5.95. The number of amides is 2. The molecule has 0 saturated heterocycles. The van der Waals surface area contributed by atoms with E-state index >= 15 is 0 Å².